The van der Waals surface area contributed by atoms with Gasteiger partial charge >= 0.3 is 11.9 Å². The number of benzene rings is 3. The summed E-state index contributed by atoms with van der Waals surface area (Å²) in [5, 5.41) is 0. The number of esters is 2. The van der Waals surface area contributed by atoms with Crippen molar-refractivity contribution in [3.8, 4) is 11.5 Å². The second-order valence-corrected chi connectivity index (χ2v) is 20.9. The lowest BCUT2D eigenvalue weighted by Gasteiger charge is -2.20. The van der Waals surface area contributed by atoms with Gasteiger partial charge in [0, 0.05) is 10.7 Å². The number of hydrogen-bond donors (Lipinski definition) is 0. The van der Waals surface area contributed by atoms with E-state index in [1.807, 2.05) is 28.7 Å². The fourth-order valence-corrected chi connectivity index (χ4v) is 7.33. The largest absolute Gasteiger partial charge is 0.484 e. The summed E-state index contributed by atoms with van der Waals surface area (Å²) in [4.78, 5) is 23.9. The van der Waals surface area contributed by atoms with Crippen molar-refractivity contribution in [3.63, 3.8) is 0 Å². The van der Waals surface area contributed by atoms with Gasteiger partial charge in [0.2, 0.25) is 17.4 Å². The summed E-state index contributed by atoms with van der Waals surface area (Å²) in [6, 6.07) is 8.40. The van der Waals surface area contributed by atoms with Crippen LogP contribution in [0.15, 0.2) is 41.3 Å². The van der Waals surface area contributed by atoms with Crippen LogP contribution in [-0.2, 0) is 8.00 Å². The molecule has 35 heavy (non-hydrogen) atoms. The van der Waals surface area contributed by atoms with Crippen molar-refractivity contribution < 1.29 is 36.6 Å². The van der Waals surface area contributed by atoms with Crippen LogP contribution in [0.25, 0.3) is 0 Å². The fourth-order valence-electron chi connectivity index (χ4n) is 2.63. The summed E-state index contributed by atoms with van der Waals surface area (Å²) in [6.45, 7) is 0. The number of ether oxygens (including phenoxy) is 2. The third-order valence-corrected chi connectivity index (χ3v) is 10.7. The molecular weight excluding hydrogens is 886 g/mol. The van der Waals surface area contributed by atoms with Gasteiger partial charge in [-0.15, -0.1) is 16.0 Å². The minimum absolute atomic E-state index is 0.0840. The van der Waals surface area contributed by atoms with Crippen molar-refractivity contribution in [1.82, 2.24) is 0 Å². The molecule has 0 heterocycles. The van der Waals surface area contributed by atoms with Gasteiger partial charge in [0.25, 0.3) is 0 Å². The van der Waals surface area contributed by atoms with E-state index in [1.54, 1.807) is 6.07 Å². The molecule has 0 atom stereocenters. The van der Waals surface area contributed by atoms with Gasteiger partial charge in [-0.1, -0.05) is 0 Å². The first kappa shape index (κ1) is 29.4. The van der Waals surface area contributed by atoms with Crippen molar-refractivity contribution in [2.45, 2.75) is 4.90 Å². The van der Waals surface area contributed by atoms with Crippen LogP contribution in [0.5, 0.6) is 11.5 Å². The molecule has 0 spiro atoms. The van der Waals surface area contributed by atoms with Gasteiger partial charge < -0.3 is 17.9 Å². The molecule has 0 amide bonds. The third-order valence-electron chi connectivity index (χ3n) is 4.20. The zero-order valence-electron chi connectivity index (χ0n) is 16.7. The summed E-state index contributed by atoms with van der Waals surface area (Å²) in [6.07, 6.45) is 0. The van der Waals surface area contributed by atoms with Crippen LogP contribution in [0.3, 0.4) is 0 Å². The Balaban J connectivity index is 1.83. The van der Waals surface area contributed by atoms with E-state index in [1.165, 1.54) is 12.1 Å². The molecule has 0 aliphatic carbocycles. The molecule has 0 bridgehead atoms. The molecule has 184 valence electrons. The van der Waals surface area contributed by atoms with Gasteiger partial charge in [-0.05, 0) is 104 Å². The summed E-state index contributed by atoms with van der Waals surface area (Å²) >= 11 is 6.19. The standard InChI is InChI=1S/C20H9F4I3O4P3S/c21-12-14(23)18(35(32,33)34)15(24)13(22)17(12)31-19(28)7-1-3-9(4-2-7)30-20(29)10-5-8(25)6-11(26)16(10)27/h1-6,32-34H/q-1. The molecule has 0 aromatic heterocycles. The van der Waals surface area contributed by atoms with E-state index in [9.17, 15) is 27.2 Å². The molecule has 3 aromatic rings. The molecule has 0 unspecified atom stereocenters. The summed E-state index contributed by atoms with van der Waals surface area (Å²) in [5.74, 6) is -10.6. The zero-order valence-corrected chi connectivity index (χ0v) is 26.9. The minimum atomic E-state index is -2.75. The molecule has 0 fully saturated rings. The number of hydrogen-bond acceptors (Lipinski definition) is 4. The molecule has 0 aliphatic heterocycles. The van der Waals surface area contributed by atoms with Crippen LogP contribution < -0.4 is 9.47 Å². The average molecular weight is 895 g/mol. The van der Waals surface area contributed by atoms with E-state index in [4.69, 9.17) is 4.74 Å². The van der Waals surface area contributed by atoms with Crippen LogP contribution in [-0.4, -0.2) is 11.9 Å². The van der Waals surface area contributed by atoms with E-state index in [0.717, 1.165) is 19.3 Å². The van der Waals surface area contributed by atoms with Gasteiger partial charge in [-0.2, -0.15) is 8.78 Å². The number of halogens is 7. The van der Waals surface area contributed by atoms with Crippen molar-refractivity contribution in [1.29, 1.82) is 0 Å². The number of rotatable bonds is 5. The maximum absolute atomic E-state index is 14.4. The summed E-state index contributed by atoms with van der Waals surface area (Å²) in [5.41, 5.74) is 0.136. The van der Waals surface area contributed by atoms with Crippen LogP contribution in [0.2, 0.25) is 0 Å². The Bertz CT molecular complexity index is 1460. The van der Waals surface area contributed by atoms with Gasteiger partial charge in [0.05, 0.1) is 16.0 Å². The molecule has 0 N–H and O–H groups in total. The molecular formula is C20H9F4I3O4P3S-. The topological polar surface area (TPSA) is 52.6 Å². The monoisotopic (exact) mass is 895 g/mol. The lowest BCUT2D eigenvalue weighted by atomic mass is 10.2. The van der Waals surface area contributed by atoms with Gasteiger partial charge in [0.15, 0.2) is 11.6 Å². The van der Waals surface area contributed by atoms with Crippen molar-refractivity contribution in [2.75, 3.05) is 0 Å². The maximum Gasteiger partial charge on any atom is 0.344 e. The van der Waals surface area contributed by atoms with E-state index in [2.05, 4.69) is 74.4 Å². The second-order valence-electron chi connectivity index (χ2n) is 6.58. The summed E-state index contributed by atoms with van der Waals surface area (Å²) in [7, 11) is 6.04. The quantitative estimate of drug-likeness (QED) is 0.0649. The average Bonchev–Trinajstić information content (AvgIpc) is 2.77. The maximum atomic E-state index is 14.4. The van der Waals surface area contributed by atoms with Crippen molar-refractivity contribution in [3.05, 3.63) is 81.5 Å². The number of carbonyl (C=O) groups is 2. The predicted molar refractivity (Wildman–Crippen MR) is 158 cm³/mol. The van der Waals surface area contributed by atoms with E-state index in [-0.39, 0.29) is 11.3 Å². The summed E-state index contributed by atoms with van der Waals surface area (Å²) < 4.78 is 69.8. The number of carbonyl (C=O) groups excluding carboxylic acids is 2. The normalized spacial score (nSPS) is 11.3. The molecule has 3 aromatic carbocycles. The Kier molecular flexibility index (Phi) is 9.87. The van der Waals surface area contributed by atoms with Crippen LogP contribution in [0, 0.1) is 34.0 Å². The highest BCUT2D eigenvalue weighted by Crippen LogP contribution is 2.38. The van der Waals surface area contributed by atoms with Crippen molar-refractivity contribution in [2.24, 2.45) is 0 Å². The lowest BCUT2D eigenvalue weighted by Crippen LogP contribution is -2.14. The molecule has 0 aliphatic rings. The highest BCUT2D eigenvalue weighted by molar-refractivity contribution is 14.1. The Morgan fingerprint density at radius 2 is 1.37 bits per heavy atom. The Hall–Kier alpha value is -0.110. The first-order chi connectivity index (χ1) is 16.2. The SMILES string of the molecule is O=C(Oc1c(F)c(F)c(S(=P)(=P)[PH-])c(F)c1F)c1ccc(OC(=O)c2cc(I)cc(I)c2I)cc1. The zero-order chi connectivity index (χ0) is 26.2. The smallest absolute Gasteiger partial charge is 0.344 e. The van der Waals surface area contributed by atoms with E-state index in [0.29, 0.717) is 9.13 Å². The highest BCUT2D eigenvalue weighted by atomic mass is 127. The Morgan fingerprint density at radius 3 is 1.89 bits per heavy atom. The van der Waals surface area contributed by atoms with Crippen molar-refractivity contribution >= 4 is 112 Å². The first-order valence-electron chi connectivity index (χ1n) is 8.84. The second kappa shape index (κ2) is 11.7. The minimum Gasteiger partial charge on any atom is -0.484 e. The fraction of sp³-hybridized carbons (Fsp3) is 0. The first-order valence-corrected chi connectivity index (χ1v) is 17.4. The van der Waals surface area contributed by atoms with Crippen LogP contribution in [0.1, 0.15) is 20.7 Å². The Morgan fingerprint density at radius 1 is 0.829 bits per heavy atom. The third kappa shape index (κ3) is 6.67. The predicted octanol–water partition coefficient (Wildman–Crippen LogP) is 8.18. The van der Waals surface area contributed by atoms with Gasteiger partial charge in [0.1, 0.15) is 5.75 Å². The molecule has 0 saturated carbocycles. The molecule has 4 nitrogen and oxygen atoms in total. The molecule has 15 heteroatoms. The van der Waals surface area contributed by atoms with E-state index >= 15 is 0 Å². The van der Waals surface area contributed by atoms with Gasteiger partial charge in [-0.3, -0.25) is 8.00 Å². The van der Waals surface area contributed by atoms with Gasteiger partial charge in [-0.25, -0.2) is 18.4 Å². The molecule has 0 radical (unpaired) electrons. The van der Waals surface area contributed by atoms with E-state index < -0.39 is 53.9 Å². The van der Waals surface area contributed by atoms with Crippen LogP contribution in [0.4, 0.5) is 17.6 Å². The molecule has 0 saturated heterocycles. The molecule has 3 rings (SSSR count). The lowest BCUT2D eigenvalue weighted by molar-refractivity contribution is 0.0715. The Labute approximate surface area is 244 Å². The highest BCUT2D eigenvalue weighted by Gasteiger charge is 2.28. The van der Waals surface area contributed by atoms with Crippen LogP contribution >= 0.6 is 92.2 Å².